The van der Waals surface area contributed by atoms with Gasteiger partial charge in [0.1, 0.15) is 5.75 Å². The summed E-state index contributed by atoms with van der Waals surface area (Å²) in [6.45, 7) is 0. The number of carbonyl (C=O) groups excluding carboxylic acids is 1. The van der Waals surface area contributed by atoms with Gasteiger partial charge in [-0.3, -0.25) is 14.6 Å². The van der Waals surface area contributed by atoms with E-state index >= 15 is 0 Å². The molecular formula is C21H20N4O5. The summed E-state index contributed by atoms with van der Waals surface area (Å²) in [6, 6.07) is 10.7. The fourth-order valence-electron chi connectivity index (χ4n) is 2.91. The van der Waals surface area contributed by atoms with Gasteiger partial charge in [-0.2, -0.15) is 0 Å². The second-order valence-corrected chi connectivity index (χ2v) is 6.61. The first-order valence-electron chi connectivity index (χ1n) is 9.03. The van der Waals surface area contributed by atoms with Gasteiger partial charge in [0.15, 0.2) is 5.69 Å². The monoisotopic (exact) mass is 408 g/mol. The van der Waals surface area contributed by atoms with Crippen LogP contribution in [0.1, 0.15) is 18.0 Å². The van der Waals surface area contributed by atoms with Crippen molar-refractivity contribution in [2.24, 2.45) is 7.05 Å². The number of urea groups is 1. The molecule has 2 heterocycles. The molecule has 1 aromatic carbocycles. The number of benzene rings is 1. The zero-order valence-electron chi connectivity index (χ0n) is 16.1. The number of nitrogens with zero attached hydrogens (tertiary/aromatic N) is 2. The SMILES string of the molecule is Cn1ccc(O)c(NC(=O)N[C@@H](CC(=O)O)c2cncc(-c3ccccc3)c2)c1=O. The number of aromatic nitrogens is 2. The van der Waals surface area contributed by atoms with Gasteiger partial charge in [0.05, 0.1) is 12.5 Å². The smallest absolute Gasteiger partial charge is 0.319 e. The maximum Gasteiger partial charge on any atom is 0.319 e. The summed E-state index contributed by atoms with van der Waals surface area (Å²) in [5, 5.41) is 24.0. The summed E-state index contributed by atoms with van der Waals surface area (Å²) in [5.41, 5.74) is 1.23. The van der Waals surface area contributed by atoms with Gasteiger partial charge >= 0.3 is 12.0 Å². The fourth-order valence-corrected chi connectivity index (χ4v) is 2.91. The van der Waals surface area contributed by atoms with E-state index in [1.165, 1.54) is 30.1 Å². The number of hydrogen-bond donors (Lipinski definition) is 4. The van der Waals surface area contributed by atoms with Gasteiger partial charge in [0, 0.05) is 31.2 Å². The molecule has 154 valence electrons. The van der Waals surface area contributed by atoms with E-state index in [2.05, 4.69) is 15.6 Å². The van der Waals surface area contributed by atoms with Gasteiger partial charge in [-0.15, -0.1) is 0 Å². The molecule has 0 spiro atoms. The van der Waals surface area contributed by atoms with Gasteiger partial charge in [-0.05, 0) is 23.3 Å². The summed E-state index contributed by atoms with van der Waals surface area (Å²) in [6.07, 6.45) is 4.07. The molecule has 30 heavy (non-hydrogen) atoms. The third-order valence-electron chi connectivity index (χ3n) is 4.44. The van der Waals surface area contributed by atoms with Crippen molar-refractivity contribution in [1.29, 1.82) is 0 Å². The van der Waals surface area contributed by atoms with E-state index in [0.717, 1.165) is 11.1 Å². The zero-order chi connectivity index (χ0) is 21.7. The Bertz CT molecular complexity index is 1130. The second kappa shape index (κ2) is 8.91. The van der Waals surface area contributed by atoms with Crippen molar-refractivity contribution in [3.05, 3.63) is 77.0 Å². The Morgan fingerprint density at radius 2 is 1.87 bits per heavy atom. The molecule has 0 radical (unpaired) electrons. The van der Waals surface area contributed by atoms with Crippen LogP contribution < -0.4 is 16.2 Å². The molecule has 0 aliphatic carbocycles. The highest BCUT2D eigenvalue weighted by Crippen LogP contribution is 2.24. The quantitative estimate of drug-likeness (QED) is 0.495. The number of anilines is 1. The number of carboxylic acid groups (broad SMARTS) is 1. The van der Waals surface area contributed by atoms with Crippen molar-refractivity contribution in [1.82, 2.24) is 14.9 Å². The van der Waals surface area contributed by atoms with E-state index in [1.54, 1.807) is 12.3 Å². The van der Waals surface area contributed by atoms with E-state index in [9.17, 15) is 24.6 Å². The maximum absolute atomic E-state index is 12.5. The predicted octanol–water partition coefficient (Wildman–Crippen LogP) is 2.49. The largest absolute Gasteiger partial charge is 0.505 e. The van der Waals surface area contributed by atoms with Crippen LogP contribution in [0.5, 0.6) is 5.75 Å². The topological polar surface area (TPSA) is 134 Å². The van der Waals surface area contributed by atoms with Crippen molar-refractivity contribution in [3.63, 3.8) is 0 Å². The normalized spacial score (nSPS) is 11.5. The van der Waals surface area contributed by atoms with Crippen molar-refractivity contribution < 1.29 is 19.8 Å². The third kappa shape index (κ3) is 4.82. The van der Waals surface area contributed by atoms with Gasteiger partial charge in [0.25, 0.3) is 5.56 Å². The molecule has 9 heteroatoms. The highest BCUT2D eigenvalue weighted by atomic mass is 16.4. The summed E-state index contributed by atoms with van der Waals surface area (Å²) in [4.78, 5) is 40.1. The van der Waals surface area contributed by atoms with Crippen LogP contribution in [0.25, 0.3) is 11.1 Å². The molecule has 0 saturated carbocycles. The molecule has 0 aliphatic heterocycles. The van der Waals surface area contributed by atoms with Crippen LogP contribution in [0.15, 0.2) is 65.8 Å². The number of aromatic hydroxyl groups is 1. The lowest BCUT2D eigenvalue weighted by molar-refractivity contribution is -0.137. The number of aryl methyl sites for hydroxylation is 1. The van der Waals surface area contributed by atoms with Gasteiger partial charge in [-0.1, -0.05) is 30.3 Å². The average Bonchev–Trinajstić information content (AvgIpc) is 2.74. The summed E-state index contributed by atoms with van der Waals surface area (Å²) in [5.74, 6) is -1.51. The van der Waals surface area contributed by atoms with Crippen LogP contribution in [0.4, 0.5) is 10.5 Å². The van der Waals surface area contributed by atoms with Gasteiger partial charge in [0.2, 0.25) is 0 Å². The number of rotatable bonds is 6. The Hall–Kier alpha value is -4.14. The number of aliphatic carboxylic acids is 1. The molecule has 3 rings (SSSR count). The summed E-state index contributed by atoms with van der Waals surface area (Å²) in [7, 11) is 1.47. The molecule has 0 bridgehead atoms. The number of nitrogens with one attached hydrogen (secondary N) is 2. The van der Waals surface area contributed by atoms with Crippen LogP contribution in [0, 0.1) is 0 Å². The van der Waals surface area contributed by atoms with Crippen molar-refractivity contribution in [2.45, 2.75) is 12.5 Å². The van der Waals surface area contributed by atoms with Crippen molar-refractivity contribution in [2.75, 3.05) is 5.32 Å². The number of carbonyl (C=O) groups is 2. The lowest BCUT2D eigenvalue weighted by atomic mass is 10.0. The minimum atomic E-state index is -1.12. The molecule has 9 nitrogen and oxygen atoms in total. The van der Waals surface area contributed by atoms with Gasteiger partial charge < -0.3 is 25.4 Å². The van der Waals surface area contributed by atoms with Crippen molar-refractivity contribution >= 4 is 17.7 Å². The zero-order valence-corrected chi connectivity index (χ0v) is 16.1. The van der Waals surface area contributed by atoms with E-state index in [-0.39, 0.29) is 5.69 Å². The van der Waals surface area contributed by atoms with E-state index in [1.807, 2.05) is 30.3 Å². The first-order chi connectivity index (χ1) is 14.3. The lowest BCUT2D eigenvalue weighted by Crippen LogP contribution is -2.36. The molecule has 2 amide bonds. The minimum absolute atomic E-state index is 0.303. The molecule has 1 atom stereocenters. The highest BCUT2D eigenvalue weighted by molar-refractivity contribution is 5.91. The maximum atomic E-state index is 12.5. The second-order valence-electron chi connectivity index (χ2n) is 6.61. The number of amides is 2. The van der Waals surface area contributed by atoms with Crippen molar-refractivity contribution in [3.8, 4) is 16.9 Å². The van der Waals surface area contributed by atoms with Crippen LogP contribution in [-0.2, 0) is 11.8 Å². The van der Waals surface area contributed by atoms with Gasteiger partial charge in [-0.25, -0.2) is 4.79 Å². The van der Waals surface area contributed by atoms with Crippen LogP contribution in [-0.4, -0.2) is 31.8 Å². The molecule has 0 fully saturated rings. The fraction of sp³-hybridized carbons (Fsp3) is 0.143. The Morgan fingerprint density at radius 3 is 2.57 bits per heavy atom. The predicted molar refractivity (Wildman–Crippen MR) is 110 cm³/mol. The van der Waals surface area contributed by atoms with E-state index < -0.39 is 35.8 Å². The first kappa shape index (κ1) is 20.6. The Labute approximate surface area is 171 Å². The minimum Gasteiger partial charge on any atom is -0.505 e. The standard InChI is InChI=1S/C21H20N4O5/c1-25-8-7-17(26)19(20(25)29)24-21(30)23-16(10-18(27)28)15-9-14(11-22-12-15)13-5-3-2-4-6-13/h2-9,11-12,16,26H,10H2,1H3,(H,27,28)(H2,23,24,30)/t16-/m0/s1. The van der Waals surface area contributed by atoms with Crippen LogP contribution in [0.3, 0.4) is 0 Å². The van der Waals surface area contributed by atoms with E-state index in [0.29, 0.717) is 5.56 Å². The highest BCUT2D eigenvalue weighted by Gasteiger charge is 2.21. The molecule has 4 N–H and O–H groups in total. The molecule has 2 aromatic heterocycles. The third-order valence-corrected chi connectivity index (χ3v) is 4.44. The van der Waals surface area contributed by atoms with E-state index in [4.69, 9.17) is 0 Å². The molecule has 3 aromatic rings. The Morgan fingerprint density at radius 1 is 1.13 bits per heavy atom. The number of hydrogen-bond acceptors (Lipinski definition) is 5. The summed E-state index contributed by atoms with van der Waals surface area (Å²) >= 11 is 0. The number of carboxylic acids is 1. The lowest BCUT2D eigenvalue weighted by Gasteiger charge is -2.18. The van der Waals surface area contributed by atoms with Crippen LogP contribution >= 0.6 is 0 Å². The molecule has 0 saturated heterocycles. The first-order valence-corrected chi connectivity index (χ1v) is 9.03. The molecule has 0 aliphatic rings. The number of pyridine rings is 2. The molecule has 0 unspecified atom stereocenters. The Kier molecular flexibility index (Phi) is 6.11. The summed E-state index contributed by atoms with van der Waals surface area (Å²) < 4.78 is 1.19. The Balaban J connectivity index is 1.85. The molecular weight excluding hydrogens is 388 g/mol. The average molecular weight is 408 g/mol. The van der Waals surface area contributed by atoms with Crippen LogP contribution in [0.2, 0.25) is 0 Å².